The van der Waals surface area contributed by atoms with Crippen molar-refractivity contribution in [2.75, 3.05) is 5.75 Å². The normalized spacial score (nSPS) is 13.1. The van der Waals surface area contributed by atoms with E-state index in [1.54, 1.807) is 6.92 Å². The third-order valence-electron chi connectivity index (χ3n) is 2.57. The third-order valence-corrected chi connectivity index (χ3v) is 4.16. The summed E-state index contributed by atoms with van der Waals surface area (Å²) in [4.78, 5) is 11.1. The van der Waals surface area contributed by atoms with Gasteiger partial charge < -0.3 is 15.3 Å². The van der Waals surface area contributed by atoms with Gasteiger partial charge in [-0.3, -0.25) is 4.79 Å². The smallest absolute Gasteiger partial charge is 0.322 e. The van der Waals surface area contributed by atoms with Gasteiger partial charge in [-0.1, -0.05) is 13.0 Å². The maximum atomic E-state index is 11.6. The van der Waals surface area contributed by atoms with E-state index in [0.717, 1.165) is 0 Å². The summed E-state index contributed by atoms with van der Waals surface area (Å²) < 4.78 is 25.3. The topological polar surface area (TPSA) is 124 Å². The van der Waals surface area contributed by atoms with Crippen molar-refractivity contribution < 1.29 is 28.5 Å². The number of phenolic OH excluding ortho intramolecular Hbond substituents is 2. The number of aliphatic carboxylic acids is 1. The molecule has 0 heterocycles. The van der Waals surface area contributed by atoms with Crippen LogP contribution in [0.2, 0.25) is 0 Å². The van der Waals surface area contributed by atoms with Crippen LogP contribution in [-0.4, -0.2) is 41.5 Å². The highest BCUT2D eigenvalue weighted by Gasteiger charge is 2.24. The quantitative estimate of drug-likeness (QED) is 0.541. The summed E-state index contributed by atoms with van der Waals surface area (Å²) >= 11 is 0. The molecule has 1 aromatic carbocycles. The van der Waals surface area contributed by atoms with Gasteiger partial charge >= 0.3 is 5.97 Å². The van der Waals surface area contributed by atoms with Gasteiger partial charge in [-0.25, -0.2) is 13.1 Å². The molecular weight excluding hydrogens is 286 g/mol. The van der Waals surface area contributed by atoms with Gasteiger partial charge in [0.1, 0.15) is 6.04 Å². The summed E-state index contributed by atoms with van der Waals surface area (Å²) in [5.41, 5.74) is 0.395. The maximum Gasteiger partial charge on any atom is 0.322 e. The van der Waals surface area contributed by atoms with Crippen molar-refractivity contribution in [2.45, 2.75) is 25.8 Å². The van der Waals surface area contributed by atoms with Gasteiger partial charge in [-0.05, 0) is 30.5 Å². The molecule has 7 nitrogen and oxygen atoms in total. The summed E-state index contributed by atoms with van der Waals surface area (Å²) in [6.07, 6.45) is 0.244. The molecule has 0 amide bonds. The first kappa shape index (κ1) is 16.3. The molecular formula is C12H17NO6S. The molecule has 0 fully saturated rings. The average Bonchev–Trinajstić information content (AvgIpc) is 2.32. The van der Waals surface area contributed by atoms with Crippen LogP contribution in [0.5, 0.6) is 11.5 Å². The van der Waals surface area contributed by atoms with Crippen molar-refractivity contribution in [2.24, 2.45) is 0 Å². The Labute approximate surface area is 116 Å². The molecule has 1 aromatic rings. The lowest BCUT2D eigenvalue weighted by Crippen LogP contribution is -2.43. The summed E-state index contributed by atoms with van der Waals surface area (Å²) in [5, 5.41) is 27.5. The summed E-state index contributed by atoms with van der Waals surface area (Å²) in [5.74, 6) is -2.18. The molecule has 0 aromatic heterocycles. The van der Waals surface area contributed by atoms with Crippen LogP contribution in [0.25, 0.3) is 0 Å². The second-order valence-electron chi connectivity index (χ2n) is 4.35. The number of carboxylic acids is 1. The highest BCUT2D eigenvalue weighted by atomic mass is 32.2. The van der Waals surface area contributed by atoms with Crippen LogP contribution in [0, 0.1) is 0 Å². The first-order chi connectivity index (χ1) is 9.25. The number of rotatable bonds is 7. The zero-order valence-corrected chi connectivity index (χ0v) is 11.7. The van der Waals surface area contributed by atoms with E-state index in [1.165, 1.54) is 18.2 Å². The van der Waals surface area contributed by atoms with Crippen LogP contribution < -0.4 is 4.72 Å². The molecule has 0 radical (unpaired) electrons. The zero-order valence-electron chi connectivity index (χ0n) is 10.9. The Kier molecular flexibility index (Phi) is 5.34. The Bertz CT molecular complexity index is 584. The number of phenols is 2. The molecule has 0 saturated heterocycles. The van der Waals surface area contributed by atoms with Gasteiger partial charge in [-0.15, -0.1) is 0 Å². The van der Waals surface area contributed by atoms with Crippen molar-refractivity contribution in [3.05, 3.63) is 23.8 Å². The van der Waals surface area contributed by atoms with Gasteiger partial charge in [-0.2, -0.15) is 0 Å². The lowest BCUT2D eigenvalue weighted by atomic mass is 10.1. The Hall–Kier alpha value is -1.80. The van der Waals surface area contributed by atoms with Crippen molar-refractivity contribution in [3.8, 4) is 11.5 Å². The summed E-state index contributed by atoms with van der Waals surface area (Å²) in [7, 11) is -3.66. The molecule has 112 valence electrons. The number of nitrogens with one attached hydrogen (secondary N) is 1. The summed E-state index contributed by atoms with van der Waals surface area (Å²) in [6.45, 7) is 1.67. The number of aromatic hydroxyl groups is 2. The molecule has 1 atom stereocenters. The lowest BCUT2D eigenvalue weighted by Gasteiger charge is -2.14. The minimum Gasteiger partial charge on any atom is -0.504 e. The maximum absolute atomic E-state index is 11.6. The van der Waals surface area contributed by atoms with Gasteiger partial charge in [0.15, 0.2) is 11.5 Å². The molecule has 20 heavy (non-hydrogen) atoms. The second kappa shape index (κ2) is 6.58. The van der Waals surface area contributed by atoms with Crippen LogP contribution in [0.15, 0.2) is 18.2 Å². The van der Waals surface area contributed by atoms with Crippen LogP contribution in [0.4, 0.5) is 0 Å². The minimum atomic E-state index is -3.66. The molecule has 0 aliphatic rings. The lowest BCUT2D eigenvalue weighted by molar-refractivity contribution is -0.138. The van der Waals surface area contributed by atoms with E-state index < -0.39 is 22.0 Å². The molecule has 8 heteroatoms. The molecule has 0 aliphatic carbocycles. The fraction of sp³-hybridized carbons (Fsp3) is 0.417. The average molecular weight is 303 g/mol. The number of carbonyl (C=O) groups is 1. The molecule has 0 bridgehead atoms. The molecule has 1 rings (SSSR count). The van der Waals surface area contributed by atoms with Crippen molar-refractivity contribution in [1.82, 2.24) is 4.72 Å². The third kappa shape index (κ3) is 4.71. The van der Waals surface area contributed by atoms with E-state index in [2.05, 4.69) is 4.72 Å². The monoisotopic (exact) mass is 303 g/mol. The van der Waals surface area contributed by atoms with E-state index in [9.17, 15) is 18.3 Å². The standard InChI is InChI=1S/C12H17NO6S/c1-2-5-20(18,19)13-9(12(16)17)6-8-3-4-10(14)11(15)7-8/h3-4,7,9,13-15H,2,5-6H2,1H3,(H,16,17). The Morgan fingerprint density at radius 3 is 2.45 bits per heavy atom. The predicted octanol–water partition coefficient (Wildman–Crippen LogP) is 0.423. The first-order valence-electron chi connectivity index (χ1n) is 5.99. The van der Waals surface area contributed by atoms with E-state index in [4.69, 9.17) is 10.2 Å². The largest absolute Gasteiger partial charge is 0.504 e. The Morgan fingerprint density at radius 1 is 1.30 bits per heavy atom. The van der Waals surface area contributed by atoms with Gasteiger partial charge in [0, 0.05) is 0 Å². The first-order valence-corrected chi connectivity index (χ1v) is 7.64. The number of carboxylic acid groups (broad SMARTS) is 1. The highest BCUT2D eigenvalue weighted by Crippen LogP contribution is 2.25. The molecule has 1 unspecified atom stereocenters. The van der Waals surface area contributed by atoms with Crippen LogP contribution in [-0.2, 0) is 21.2 Å². The van der Waals surface area contributed by atoms with Gasteiger partial charge in [0.25, 0.3) is 0 Å². The second-order valence-corrected chi connectivity index (χ2v) is 6.23. The van der Waals surface area contributed by atoms with Gasteiger partial charge in [0.2, 0.25) is 10.0 Å². The minimum absolute atomic E-state index is 0.133. The number of sulfonamides is 1. The number of hydrogen-bond donors (Lipinski definition) is 4. The van der Waals surface area contributed by atoms with E-state index in [-0.39, 0.29) is 23.7 Å². The Morgan fingerprint density at radius 2 is 1.95 bits per heavy atom. The predicted molar refractivity (Wildman–Crippen MR) is 72.1 cm³/mol. The van der Waals surface area contributed by atoms with E-state index >= 15 is 0 Å². The highest BCUT2D eigenvalue weighted by molar-refractivity contribution is 7.89. The van der Waals surface area contributed by atoms with Crippen molar-refractivity contribution in [1.29, 1.82) is 0 Å². The van der Waals surface area contributed by atoms with Crippen LogP contribution in [0.3, 0.4) is 0 Å². The SMILES string of the molecule is CCCS(=O)(=O)NC(Cc1ccc(O)c(O)c1)C(=O)O. The van der Waals surface area contributed by atoms with Crippen molar-refractivity contribution in [3.63, 3.8) is 0 Å². The zero-order chi connectivity index (χ0) is 15.3. The molecule has 0 spiro atoms. The summed E-state index contributed by atoms with van der Waals surface area (Å²) in [6, 6.07) is 2.50. The number of hydrogen-bond acceptors (Lipinski definition) is 5. The fourth-order valence-electron chi connectivity index (χ4n) is 1.66. The van der Waals surface area contributed by atoms with E-state index in [0.29, 0.717) is 12.0 Å². The van der Waals surface area contributed by atoms with Crippen LogP contribution >= 0.6 is 0 Å². The molecule has 0 aliphatic heterocycles. The van der Waals surface area contributed by atoms with Crippen LogP contribution in [0.1, 0.15) is 18.9 Å². The molecule has 0 saturated carbocycles. The van der Waals surface area contributed by atoms with E-state index in [1.807, 2.05) is 0 Å². The number of benzene rings is 1. The van der Waals surface area contributed by atoms with Crippen molar-refractivity contribution >= 4 is 16.0 Å². The fourth-order valence-corrected chi connectivity index (χ4v) is 2.93. The molecule has 4 N–H and O–H groups in total. The Balaban J connectivity index is 2.87. The van der Waals surface area contributed by atoms with Gasteiger partial charge in [0.05, 0.1) is 5.75 Å².